The van der Waals surface area contributed by atoms with E-state index in [1.54, 1.807) is 0 Å². The van der Waals surface area contributed by atoms with Gasteiger partial charge in [-0.1, -0.05) is 11.8 Å². The van der Waals surface area contributed by atoms with Crippen molar-refractivity contribution in [2.45, 2.75) is 69.4 Å². The molecule has 0 unspecified atom stereocenters. The van der Waals surface area contributed by atoms with Gasteiger partial charge in [-0.2, -0.15) is 0 Å². The van der Waals surface area contributed by atoms with Gasteiger partial charge in [0.25, 0.3) is 0 Å². The number of thioether (sulfide) groups is 1. The number of rotatable bonds is 5. The van der Waals surface area contributed by atoms with Crippen molar-refractivity contribution in [3.05, 3.63) is 18.2 Å². The van der Waals surface area contributed by atoms with Crippen LogP contribution in [-0.4, -0.2) is 44.7 Å². The van der Waals surface area contributed by atoms with Gasteiger partial charge in [0, 0.05) is 18.2 Å². The molecule has 3 rings (SSSR count). The standard InChI is InChI=1S/C19H27N3O2S/c1-5-24-15-9-10-16-17(11-15)21-19(20-16)25-14(4)18(23)22-12(2)7-6-8-13(22)3/h9-14H,5-8H2,1-4H3,(H,20,21)/t12-,13+,14-/m0/s1. The van der Waals surface area contributed by atoms with E-state index < -0.39 is 0 Å². The summed E-state index contributed by atoms with van der Waals surface area (Å²) in [5.74, 6) is 1.04. The first-order chi connectivity index (χ1) is 12.0. The molecule has 1 aliphatic heterocycles. The minimum Gasteiger partial charge on any atom is -0.494 e. The van der Waals surface area contributed by atoms with E-state index in [-0.39, 0.29) is 11.2 Å². The maximum Gasteiger partial charge on any atom is 0.236 e. The van der Waals surface area contributed by atoms with Gasteiger partial charge in [-0.3, -0.25) is 4.79 Å². The van der Waals surface area contributed by atoms with Gasteiger partial charge < -0.3 is 14.6 Å². The number of likely N-dealkylation sites (tertiary alicyclic amines) is 1. The fourth-order valence-electron chi connectivity index (χ4n) is 3.56. The van der Waals surface area contributed by atoms with Crippen LogP contribution in [0.2, 0.25) is 0 Å². The highest BCUT2D eigenvalue weighted by Gasteiger charge is 2.32. The molecule has 2 aromatic rings. The Kier molecular flexibility index (Phi) is 5.57. The lowest BCUT2D eigenvalue weighted by molar-refractivity contribution is -0.136. The molecule has 1 amide bonds. The summed E-state index contributed by atoms with van der Waals surface area (Å²) in [7, 11) is 0. The summed E-state index contributed by atoms with van der Waals surface area (Å²) in [6.45, 7) is 8.88. The van der Waals surface area contributed by atoms with E-state index >= 15 is 0 Å². The van der Waals surface area contributed by atoms with Gasteiger partial charge in [0.1, 0.15) is 5.75 Å². The fourth-order valence-corrected chi connectivity index (χ4v) is 4.44. The Balaban J connectivity index is 1.72. The topological polar surface area (TPSA) is 58.2 Å². The highest BCUT2D eigenvalue weighted by molar-refractivity contribution is 8.00. The second-order valence-electron chi connectivity index (χ2n) is 6.79. The number of ether oxygens (including phenoxy) is 1. The third kappa shape index (κ3) is 3.94. The first-order valence-corrected chi connectivity index (χ1v) is 9.99. The van der Waals surface area contributed by atoms with Crippen LogP contribution in [0.5, 0.6) is 5.75 Å². The molecule has 0 aliphatic carbocycles. The van der Waals surface area contributed by atoms with E-state index in [9.17, 15) is 4.79 Å². The number of imidazole rings is 1. The number of benzene rings is 1. The van der Waals surface area contributed by atoms with Gasteiger partial charge >= 0.3 is 0 Å². The van der Waals surface area contributed by atoms with E-state index in [1.807, 2.05) is 32.0 Å². The maximum absolute atomic E-state index is 12.9. The van der Waals surface area contributed by atoms with Gasteiger partial charge in [0.05, 0.1) is 22.9 Å². The molecule has 0 saturated carbocycles. The molecule has 0 bridgehead atoms. The van der Waals surface area contributed by atoms with Crippen LogP contribution in [0.1, 0.15) is 47.0 Å². The number of aromatic amines is 1. The number of nitrogens with zero attached hydrogens (tertiary/aromatic N) is 2. The van der Waals surface area contributed by atoms with Crippen LogP contribution in [-0.2, 0) is 4.79 Å². The van der Waals surface area contributed by atoms with Crippen molar-refractivity contribution in [2.75, 3.05) is 6.61 Å². The van der Waals surface area contributed by atoms with Crippen LogP contribution < -0.4 is 4.74 Å². The van der Waals surface area contributed by atoms with Crippen molar-refractivity contribution in [3.63, 3.8) is 0 Å². The molecule has 1 aromatic carbocycles. The van der Waals surface area contributed by atoms with Gasteiger partial charge in [0.2, 0.25) is 5.91 Å². The molecule has 1 aliphatic rings. The smallest absolute Gasteiger partial charge is 0.236 e. The minimum absolute atomic E-state index is 0.157. The first-order valence-electron chi connectivity index (χ1n) is 9.11. The van der Waals surface area contributed by atoms with Crippen molar-refractivity contribution < 1.29 is 9.53 Å². The SMILES string of the molecule is CCOc1ccc2nc(S[C@@H](C)C(=O)N3[C@H](C)CCC[C@@H]3C)[nH]c2c1. The molecule has 0 radical (unpaired) electrons. The van der Waals surface area contributed by atoms with Gasteiger partial charge in [-0.25, -0.2) is 4.98 Å². The van der Waals surface area contributed by atoms with Crippen molar-refractivity contribution in [1.82, 2.24) is 14.9 Å². The number of hydrogen-bond donors (Lipinski definition) is 1. The normalized spacial score (nSPS) is 22.2. The highest BCUT2D eigenvalue weighted by atomic mass is 32.2. The first kappa shape index (κ1) is 18.1. The fraction of sp³-hybridized carbons (Fsp3) is 0.579. The molecule has 6 heteroatoms. The lowest BCUT2D eigenvalue weighted by atomic mass is 9.97. The molecule has 1 aromatic heterocycles. The number of carbonyl (C=O) groups is 1. The Bertz CT molecular complexity index is 735. The summed E-state index contributed by atoms with van der Waals surface area (Å²) in [5, 5.41) is 0.622. The minimum atomic E-state index is -0.157. The molecule has 5 nitrogen and oxygen atoms in total. The maximum atomic E-state index is 12.9. The lowest BCUT2D eigenvalue weighted by Gasteiger charge is -2.40. The van der Waals surface area contributed by atoms with E-state index in [1.165, 1.54) is 18.2 Å². The van der Waals surface area contributed by atoms with Gasteiger partial charge in [-0.15, -0.1) is 0 Å². The number of amides is 1. The van der Waals surface area contributed by atoms with Crippen LogP contribution in [0, 0.1) is 0 Å². The number of aromatic nitrogens is 2. The van der Waals surface area contributed by atoms with Crippen LogP contribution >= 0.6 is 11.8 Å². The molecule has 2 heterocycles. The molecule has 1 fully saturated rings. The van der Waals surface area contributed by atoms with Crippen molar-refractivity contribution in [3.8, 4) is 5.75 Å². The predicted octanol–water partition coefficient (Wildman–Crippen LogP) is 4.23. The van der Waals surface area contributed by atoms with E-state index in [2.05, 4.69) is 28.7 Å². The van der Waals surface area contributed by atoms with Crippen molar-refractivity contribution >= 4 is 28.7 Å². The summed E-state index contributed by atoms with van der Waals surface area (Å²) in [6.07, 6.45) is 3.40. The zero-order chi connectivity index (χ0) is 18.0. The van der Waals surface area contributed by atoms with E-state index in [4.69, 9.17) is 4.74 Å². The number of fused-ring (bicyclic) bond motifs is 1. The summed E-state index contributed by atoms with van der Waals surface area (Å²) in [6, 6.07) is 6.47. The average Bonchev–Trinajstić information content (AvgIpc) is 2.96. The number of piperidine rings is 1. The van der Waals surface area contributed by atoms with Crippen LogP contribution in [0.3, 0.4) is 0 Å². The van der Waals surface area contributed by atoms with E-state index in [0.29, 0.717) is 18.7 Å². The zero-order valence-corrected chi connectivity index (χ0v) is 16.2. The molecule has 25 heavy (non-hydrogen) atoms. The highest BCUT2D eigenvalue weighted by Crippen LogP contribution is 2.30. The molecule has 1 saturated heterocycles. The summed E-state index contributed by atoms with van der Waals surface area (Å²) in [5.41, 5.74) is 1.83. The predicted molar refractivity (Wildman–Crippen MR) is 102 cm³/mol. The zero-order valence-electron chi connectivity index (χ0n) is 15.4. The molecular weight excluding hydrogens is 334 g/mol. The number of H-pyrrole nitrogens is 1. The molecule has 136 valence electrons. The number of carbonyl (C=O) groups excluding carboxylic acids is 1. The number of hydrogen-bond acceptors (Lipinski definition) is 4. The summed E-state index contributed by atoms with van der Waals surface area (Å²) >= 11 is 1.50. The van der Waals surface area contributed by atoms with E-state index in [0.717, 1.165) is 34.8 Å². The van der Waals surface area contributed by atoms with Crippen molar-refractivity contribution in [1.29, 1.82) is 0 Å². The Hall–Kier alpha value is -1.69. The van der Waals surface area contributed by atoms with Crippen LogP contribution in [0.25, 0.3) is 11.0 Å². The monoisotopic (exact) mass is 361 g/mol. The Labute approximate surface area is 153 Å². The third-order valence-electron chi connectivity index (χ3n) is 4.83. The van der Waals surface area contributed by atoms with Crippen LogP contribution in [0.4, 0.5) is 0 Å². The van der Waals surface area contributed by atoms with Crippen molar-refractivity contribution in [2.24, 2.45) is 0 Å². The van der Waals surface area contributed by atoms with Gasteiger partial charge in [-0.05, 0) is 59.1 Å². The Morgan fingerprint density at radius 2 is 2.12 bits per heavy atom. The summed E-state index contributed by atoms with van der Waals surface area (Å²) in [4.78, 5) is 22.9. The molecule has 3 atom stereocenters. The van der Waals surface area contributed by atoms with Gasteiger partial charge in [0.15, 0.2) is 5.16 Å². The largest absolute Gasteiger partial charge is 0.494 e. The molecule has 0 spiro atoms. The molecule has 1 N–H and O–H groups in total. The second-order valence-corrected chi connectivity index (χ2v) is 8.12. The van der Waals surface area contributed by atoms with Crippen LogP contribution in [0.15, 0.2) is 23.4 Å². The number of nitrogens with one attached hydrogen (secondary N) is 1. The second kappa shape index (κ2) is 7.68. The Morgan fingerprint density at radius 1 is 1.40 bits per heavy atom. The molecular formula is C19H27N3O2S. The summed E-state index contributed by atoms with van der Waals surface area (Å²) < 4.78 is 5.53. The quantitative estimate of drug-likeness (QED) is 0.810. The Morgan fingerprint density at radius 3 is 2.80 bits per heavy atom. The average molecular weight is 362 g/mol. The lowest BCUT2D eigenvalue weighted by Crippen LogP contribution is -2.50. The third-order valence-corrected chi connectivity index (χ3v) is 5.80.